The van der Waals surface area contributed by atoms with E-state index >= 15 is 0 Å². The van der Waals surface area contributed by atoms with Gasteiger partial charge in [0.1, 0.15) is 0 Å². The fourth-order valence-corrected chi connectivity index (χ4v) is 1.97. The quantitative estimate of drug-likeness (QED) is 0.859. The maximum atomic E-state index is 12.0. The Morgan fingerprint density at radius 1 is 1.42 bits per heavy atom. The molecule has 1 aromatic rings. The van der Waals surface area contributed by atoms with E-state index in [9.17, 15) is 18.0 Å². The van der Waals surface area contributed by atoms with Gasteiger partial charge in [-0.05, 0) is 11.6 Å². The number of benzene rings is 1. The van der Waals surface area contributed by atoms with Gasteiger partial charge in [0.2, 0.25) is 5.91 Å². The Kier molecular flexibility index (Phi) is 3.77. The Morgan fingerprint density at radius 3 is 2.79 bits per heavy atom. The zero-order chi connectivity index (χ0) is 14.0. The molecule has 0 fully saturated rings. The molecule has 7 heteroatoms. The second kappa shape index (κ2) is 5.18. The molecule has 0 aliphatic carbocycles. The zero-order valence-electron chi connectivity index (χ0n) is 10.2. The molecule has 1 heterocycles. The highest BCUT2D eigenvalue weighted by atomic mass is 19.4. The number of carbonyl (C=O) groups excluding carboxylic acids is 1. The SMILES string of the molecule is CN1C(=O)CC(NOCC(F)(F)F)c2ccccc21. The lowest BCUT2D eigenvalue weighted by Crippen LogP contribution is -2.38. The smallest absolute Gasteiger partial charge is 0.315 e. The topological polar surface area (TPSA) is 41.6 Å². The maximum Gasteiger partial charge on any atom is 0.413 e. The van der Waals surface area contributed by atoms with Gasteiger partial charge in [-0.1, -0.05) is 18.2 Å². The third-order valence-electron chi connectivity index (χ3n) is 2.89. The van der Waals surface area contributed by atoms with E-state index in [4.69, 9.17) is 0 Å². The summed E-state index contributed by atoms with van der Waals surface area (Å²) >= 11 is 0. The van der Waals surface area contributed by atoms with E-state index in [1.165, 1.54) is 4.90 Å². The van der Waals surface area contributed by atoms with Crippen LogP contribution in [0.5, 0.6) is 0 Å². The van der Waals surface area contributed by atoms with Crippen LogP contribution in [0.3, 0.4) is 0 Å². The van der Waals surface area contributed by atoms with Crippen molar-refractivity contribution in [3.8, 4) is 0 Å². The van der Waals surface area contributed by atoms with Gasteiger partial charge in [-0.3, -0.25) is 9.63 Å². The summed E-state index contributed by atoms with van der Waals surface area (Å²) in [6.45, 7) is -1.39. The minimum absolute atomic E-state index is 0.0609. The summed E-state index contributed by atoms with van der Waals surface area (Å²) in [5.74, 6) is -0.174. The maximum absolute atomic E-state index is 12.0. The third-order valence-corrected chi connectivity index (χ3v) is 2.89. The number of halogens is 3. The van der Waals surface area contributed by atoms with Crippen LogP contribution in [-0.4, -0.2) is 25.7 Å². The van der Waals surface area contributed by atoms with Crippen molar-refractivity contribution in [3.63, 3.8) is 0 Å². The van der Waals surface area contributed by atoms with E-state index in [1.54, 1.807) is 31.3 Å². The molecule has 104 valence electrons. The molecule has 19 heavy (non-hydrogen) atoms. The van der Waals surface area contributed by atoms with Crippen molar-refractivity contribution in [1.82, 2.24) is 5.48 Å². The molecule has 1 N–H and O–H groups in total. The summed E-state index contributed by atoms with van der Waals surface area (Å²) in [5, 5.41) is 0. The van der Waals surface area contributed by atoms with Crippen LogP contribution < -0.4 is 10.4 Å². The van der Waals surface area contributed by atoms with E-state index in [1.807, 2.05) is 0 Å². The minimum atomic E-state index is -4.40. The van der Waals surface area contributed by atoms with Crippen LogP contribution in [0.2, 0.25) is 0 Å². The van der Waals surface area contributed by atoms with Gasteiger partial charge in [0.05, 0.1) is 6.04 Å². The van der Waals surface area contributed by atoms with Gasteiger partial charge in [0.25, 0.3) is 0 Å². The summed E-state index contributed by atoms with van der Waals surface area (Å²) in [4.78, 5) is 17.7. The van der Waals surface area contributed by atoms with E-state index < -0.39 is 18.8 Å². The zero-order valence-corrected chi connectivity index (χ0v) is 10.2. The minimum Gasteiger partial charge on any atom is -0.315 e. The molecule has 1 atom stereocenters. The lowest BCUT2D eigenvalue weighted by Gasteiger charge is -2.31. The fraction of sp³-hybridized carbons (Fsp3) is 0.417. The average Bonchev–Trinajstić information content (AvgIpc) is 2.34. The molecule has 1 aliphatic rings. The summed E-state index contributed by atoms with van der Waals surface area (Å²) in [6.07, 6.45) is -4.34. The number of fused-ring (bicyclic) bond motifs is 1. The highest BCUT2D eigenvalue weighted by Crippen LogP contribution is 2.33. The first-order chi connectivity index (χ1) is 8.88. The number of nitrogens with zero attached hydrogens (tertiary/aromatic N) is 1. The van der Waals surface area contributed by atoms with Crippen molar-refractivity contribution in [2.45, 2.75) is 18.6 Å². The average molecular weight is 274 g/mol. The van der Waals surface area contributed by atoms with Gasteiger partial charge in [0.15, 0.2) is 6.61 Å². The number of alkyl halides is 3. The Balaban J connectivity index is 2.10. The van der Waals surface area contributed by atoms with Gasteiger partial charge >= 0.3 is 6.18 Å². The lowest BCUT2D eigenvalue weighted by atomic mass is 9.97. The Labute approximate surface area is 108 Å². The van der Waals surface area contributed by atoms with Gasteiger partial charge in [-0.25, -0.2) is 0 Å². The summed E-state index contributed by atoms with van der Waals surface area (Å²) in [5.41, 5.74) is 3.73. The van der Waals surface area contributed by atoms with Crippen LogP contribution in [-0.2, 0) is 9.63 Å². The molecule has 1 amide bonds. The normalized spacial score (nSPS) is 19.5. The molecule has 0 aromatic heterocycles. The Hall–Kier alpha value is -1.60. The number of hydrogen-bond acceptors (Lipinski definition) is 3. The van der Waals surface area contributed by atoms with Crippen LogP contribution >= 0.6 is 0 Å². The number of anilines is 1. The first-order valence-electron chi connectivity index (χ1n) is 5.68. The second-order valence-corrected chi connectivity index (χ2v) is 4.29. The van der Waals surface area contributed by atoms with E-state index in [-0.39, 0.29) is 12.3 Å². The van der Waals surface area contributed by atoms with Crippen molar-refractivity contribution in [2.24, 2.45) is 0 Å². The molecule has 0 radical (unpaired) electrons. The summed E-state index contributed by atoms with van der Waals surface area (Å²) in [6, 6.07) is 6.46. The summed E-state index contributed by atoms with van der Waals surface area (Å²) in [7, 11) is 1.63. The Morgan fingerprint density at radius 2 is 2.11 bits per heavy atom. The molecule has 1 aliphatic heterocycles. The van der Waals surface area contributed by atoms with Crippen LogP contribution in [0, 0.1) is 0 Å². The van der Waals surface area contributed by atoms with Crippen LogP contribution in [0.25, 0.3) is 0 Å². The molecule has 1 unspecified atom stereocenters. The Bertz CT molecular complexity index is 476. The first-order valence-corrected chi connectivity index (χ1v) is 5.68. The van der Waals surface area contributed by atoms with Crippen molar-refractivity contribution in [1.29, 1.82) is 0 Å². The number of para-hydroxylation sites is 1. The second-order valence-electron chi connectivity index (χ2n) is 4.29. The number of hydrogen-bond donors (Lipinski definition) is 1. The van der Waals surface area contributed by atoms with E-state index in [0.717, 1.165) is 5.56 Å². The monoisotopic (exact) mass is 274 g/mol. The number of amides is 1. The molecule has 1 aromatic carbocycles. The predicted octanol–water partition coefficient (Wildman–Crippen LogP) is 2.18. The lowest BCUT2D eigenvalue weighted by molar-refractivity contribution is -0.193. The van der Waals surface area contributed by atoms with Gasteiger partial charge in [-0.15, -0.1) is 0 Å². The molecule has 2 rings (SSSR count). The number of rotatable bonds is 3. The molecule has 4 nitrogen and oxygen atoms in total. The van der Waals surface area contributed by atoms with Gasteiger partial charge in [0, 0.05) is 19.2 Å². The number of carbonyl (C=O) groups is 1. The largest absolute Gasteiger partial charge is 0.413 e. The molecular weight excluding hydrogens is 261 g/mol. The fourth-order valence-electron chi connectivity index (χ4n) is 1.97. The highest BCUT2D eigenvalue weighted by Gasteiger charge is 2.31. The highest BCUT2D eigenvalue weighted by molar-refractivity contribution is 5.96. The molecule has 0 saturated carbocycles. The predicted molar refractivity (Wildman–Crippen MR) is 62.4 cm³/mol. The molecule has 0 bridgehead atoms. The molecule has 0 saturated heterocycles. The van der Waals surface area contributed by atoms with Crippen molar-refractivity contribution >= 4 is 11.6 Å². The van der Waals surface area contributed by atoms with Gasteiger partial charge < -0.3 is 4.90 Å². The van der Waals surface area contributed by atoms with Crippen molar-refractivity contribution in [2.75, 3.05) is 18.6 Å². The third kappa shape index (κ3) is 3.24. The van der Waals surface area contributed by atoms with E-state index in [0.29, 0.717) is 5.69 Å². The van der Waals surface area contributed by atoms with E-state index in [2.05, 4.69) is 10.3 Å². The van der Waals surface area contributed by atoms with Crippen LogP contribution in [0.15, 0.2) is 24.3 Å². The van der Waals surface area contributed by atoms with Crippen molar-refractivity contribution < 1.29 is 22.8 Å². The molecular formula is C12H13F3N2O2. The van der Waals surface area contributed by atoms with Crippen LogP contribution in [0.4, 0.5) is 18.9 Å². The molecule has 0 spiro atoms. The first kappa shape index (κ1) is 13.8. The number of hydroxylamine groups is 1. The number of nitrogens with one attached hydrogen (secondary N) is 1. The van der Waals surface area contributed by atoms with Crippen LogP contribution in [0.1, 0.15) is 18.0 Å². The summed E-state index contributed by atoms with van der Waals surface area (Å²) < 4.78 is 36.0. The van der Waals surface area contributed by atoms with Crippen molar-refractivity contribution in [3.05, 3.63) is 29.8 Å². The van der Waals surface area contributed by atoms with Gasteiger partial charge in [-0.2, -0.15) is 18.7 Å². The standard InChI is InChI=1S/C12H13F3N2O2/c1-17-10-5-3-2-4-8(10)9(6-11(17)18)16-19-7-12(13,14)15/h2-5,9,16H,6-7H2,1H3.